The van der Waals surface area contributed by atoms with Gasteiger partial charge in [0.2, 0.25) is 5.95 Å². The standard InChI is InChI=1S/C46H28N6O/c1-4-14-29(15-5-1)43-48-44(30-16-6-2-7-17-30)50-46(49-43)52-38-27-24-32(51-39-22-12-11-21-37(39)47-45(51)31-18-8-3-9-19-31)28-36(38)34-25-26-35-33-20-10-13-23-40(33)53-42(35)41(34)52/h1-28H. The van der Waals surface area contributed by atoms with Crippen LogP contribution in [0, 0.1) is 0 Å². The molecule has 53 heavy (non-hydrogen) atoms. The summed E-state index contributed by atoms with van der Waals surface area (Å²) in [5.74, 6) is 2.58. The lowest BCUT2D eigenvalue weighted by Gasteiger charge is -2.12. The van der Waals surface area contributed by atoms with E-state index in [4.69, 9.17) is 24.4 Å². The first kappa shape index (κ1) is 29.4. The predicted octanol–water partition coefficient (Wildman–Crippen LogP) is 11.2. The number of nitrogens with zero attached hydrogens (tertiary/aromatic N) is 6. The normalized spacial score (nSPS) is 11.8. The van der Waals surface area contributed by atoms with Gasteiger partial charge < -0.3 is 4.42 Å². The van der Waals surface area contributed by atoms with Crippen molar-refractivity contribution >= 4 is 54.8 Å². The van der Waals surface area contributed by atoms with Crippen molar-refractivity contribution < 1.29 is 4.42 Å². The van der Waals surface area contributed by atoms with Gasteiger partial charge in [0, 0.05) is 43.9 Å². The third-order valence-electron chi connectivity index (χ3n) is 9.99. The molecule has 0 aliphatic rings. The molecule has 7 heteroatoms. The first-order valence-electron chi connectivity index (χ1n) is 17.6. The zero-order chi connectivity index (χ0) is 34.9. The fourth-order valence-corrected chi connectivity index (χ4v) is 7.58. The molecular formula is C46H28N6O. The summed E-state index contributed by atoms with van der Waals surface area (Å²) in [5.41, 5.74) is 9.29. The maximum absolute atomic E-state index is 6.72. The number of para-hydroxylation sites is 3. The van der Waals surface area contributed by atoms with E-state index < -0.39 is 0 Å². The Morgan fingerprint density at radius 3 is 1.77 bits per heavy atom. The molecule has 0 aliphatic carbocycles. The Balaban J connectivity index is 1.25. The Kier molecular flexibility index (Phi) is 6.42. The zero-order valence-electron chi connectivity index (χ0n) is 28.3. The summed E-state index contributed by atoms with van der Waals surface area (Å²) in [6.07, 6.45) is 0. The van der Waals surface area contributed by atoms with Gasteiger partial charge >= 0.3 is 0 Å². The summed E-state index contributed by atoms with van der Waals surface area (Å²) in [6, 6.07) is 57.9. The van der Waals surface area contributed by atoms with Crippen molar-refractivity contribution in [3.05, 3.63) is 170 Å². The topological polar surface area (TPSA) is 74.6 Å². The van der Waals surface area contributed by atoms with E-state index in [0.29, 0.717) is 17.6 Å². The van der Waals surface area contributed by atoms with E-state index in [1.54, 1.807) is 0 Å². The first-order valence-corrected chi connectivity index (χ1v) is 17.6. The number of aromatic nitrogens is 6. The van der Waals surface area contributed by atoms with Gasteiger partial charge in [-0.05, 0) is 42.5 Å². The van der Waals surface area contributed by atoms with Crippen molar-refractivity contribution in [2.75, 3.05) is 0 Å². The van der Waals surface area contributed by atoms with Gasteiger partial charge in [-0.2, -0.15) is 9.97 Å². The highest BCUT2D eigenvalue weighted by atomic mass is 16.3. The molecule has 0 saturated heterocycles. The van der Waals surface area contributed by atoms with Gasteiger partial charge in [-0.3, -0.25) is 9.13 Å². The van der Waals surface area contributed by atoms with E-state index in [1.807, 2.05) is 91.0 Å². The summed E-state index contributed by atoms with van der Waals surface area (Å²) in [5, 5.41) is 4.16. The van der Waals surface area contributed by atoms with Gasteiger partial charge in [-0.25, -0.2) is 9.97 Å². The van der Waals surface area contributed by atoms with Gasteiger partial charge in [0.15, 0.2) is 17.2 Å². The average molecular weight is 681 g/mol. The summed E-state index contributed by atoms with van der Waals surface area (Å²) in [6.45, 7) is 0. The van der Waals surface area contributed by atoms with Gasteiger partial charge in [-0.1, -0.05) is 127 Å². The van der Waals surface area contributed by atoms with Crippen LogP contribution < -0.4 is 0 Å². The smallest absolute Gasteiger partial charge is 0.238 e. The lowest BCUT2D eigenvalue weighted by Crippen LogP contribution is -2.06. The minimum absolute atomic E-state index is 0.511. The maximum Gasteiger partial charge on any atom is 0.238 e. The second kappa shape index (κ2) is 11.6. The Morgan fingerprint density at radius 1 is 0.415 bits per heavy atom. The highest BCUT2D eigenvalue weighted by Crippen LogP contribution is 2.41. The molecule has 11 aromatic rings. The molecule has 0 amide bonds. The van der Waals surface area contributed by atoms with Gasteiger partial charge in [0.25, 0.3) is 0 Å². The van der Waals surface area contributed by atoms with Gasteiger partial charge in [-0.15, -0.1) is 0 Å². The number of rotatable bonds is 5. The van der Waals surface area contributed by atoms with E-state index in [1.165, 1.54) is 0 Å². The van der Waals surface area contributed by atoms with Crippen LogP contribution in [0.4, 0.5) is 0 Å². The number of hydrogen-bond acceptors (Lipinski definition) is 5. The molecule has 0 aliphatic heterocycles. The molecule has 248 valence electrons. The van der Waals surface area contributed by atoms with Crippen molar-refractivity contribution in [2.24, 2.45) is 0 Å². The zero-order valence-corrected chi connectivity index (χ0v) is 28.3. The molecule has 0 spiro atoms. The molecule has 11 rings (SSSR count). The van der Waals surface area contributed by atoms with Crippen LogP contribution in [0.3, 0.4) is 0 Å². The third-order valence-corrected chi connectivity index (χ3v) is 9.99. The van der Waals surface area contributed by atoms with E-state index in [9.17, 15) is 0 Å². The van der Waals surface area contributed by atoms with Gasteiger partial charge in [0.05, 0.1) is 16.6 Å². The molecule has 0 saturated carbocycles. The van der Waals surface area contributed by atoms with Crippen molar-refractivity contribution in [2.45, 2.75) is 0 Å². The molecule has 0 unspecified atom stereocenters. The summed E-state index contributed by atoms with van der Waals surface area (Å²) in [4.78, 5) is 20.5. The van der Waals surface area contributed by atoms with Crippen LogP contribution in [0.5, 0.6) is 0 Å². The van der Waals surface area contributed by atoms with Crippen LogP contribution in [0.1, 0.15) is 0 Å². The Hall–Kier alpha value is -7.38. The Labute approximate surface area is 303 Å². The monoisotopic (exact) mass is 680 g/mol. The largest absolute Gasteiger partial charge is 0.454 e. The second-order valence-corrected chi connectivity index (χ2v) is 13.1. The lowest BCUT2D eigenvalue weighted by atomic mass is 10.1. The van der Waals surface area contributed by atoms with Crippen LogP contribution in [0.2, 0.25) is 0 Å². The minimum atomic E-state index is 0.511. The number of imidazole rings is 1. The SMILES string of the molecule is c1ccc(-c2nc(-c3ccccc3)nc(-n3c4ccc(-n5c(-c6ccccc6)nc6ccccc65)cc4c4ccc5c6ccccc6oc5c43)n2)cc1. The van der Waals surface area contributed by atoms with E-state index in [2.05, 4.69) is 88.0 Å². The Bertz CT molecular complexity index is 3100. The second-order valence-electron chi connectivity index (χ2n) is 13.1. The van der Waals surface area contributed by atoms with E-state index in [0.717, 1.165) is 83.0 Å². The number of hydrogen-bond donors (Lipinski definition) is 0. The Morgan fingerprint density at radius 2 is 1.04 bits per heavy atom. The van der Waals surface area contributed by atoms with Crippen LogP contribution in [-0.2, 0) is 0 Å². The number of fused-ring (bicyclic) bond motifs is 8. The summed E-state index contributed by atoms with van der Waals surface area (Å²) < 4.78 is 11.1. The molecule has 4 heterocycles. The van der Waals surface area contributed by atoms with Crippen molar-refractivity contribution in [3.63, 3.8) is 0 Å². The number of benzene rings is 7. The number of furan rings is 1. The van der Waals surface area contributed by atoms with Crippen LogP contribution in [0.25, 0.3) is 101 Å². The summed E-state index contributed by atoms with van der Waals surface area (Å²) in [7, 11) is 0. The molecule has 0 atom stereocenters. The molecule has 0 radical (unpaired) electrons. The molecule has 0 bridgehead atoms. The fraction of sp³-hybridized carbons (Fsp3) is 0. The lowest BCUT2D eigenvalue weighted by molar-refractivity contribution is 0.670. The van der Waals surface area contributed by atoms with Crippen molar-refractivity contribution in [1.82, 2.24) is 29.1 Å². The molecular weight excluding hydrogens is 653 g/mol. The van der Waals surface area contributed by atoms with E-state index in [-0.39, 0.29) is 0 Å². The molecule has 0 N–H and O–H groups in total. The van der Waals surface area contributed by atoms with E-state index >= 15 is 0 Å². The van der Waals surface area contributed by atoms with Crippen molar-refractivity contribution in [1.29, 1.82) is 0 Å². The van der Waals surface area contributed by atoms with Crippen LogP contribution in [0.15, 0.2) is 174 Å². The molecule has 7 nitrogen and oxygen atoms in total. The molecule has 7 aromatic carbocycles. The quantitative estimate of drug-likeness (QED) is 0.181. The molecule has 0 fully saturated rings. The minimum Gasteiger partial charge on any atom is -0.454 e. The summed E-state index contributed by atoms with van der Waals surface area (Å²) >= 11 is 0. The highest BCUT2D eigenvalue weighted by Gasteiger charge is 2.23. The van der Waals surface area contributed by atoms with Crippen LogP contribution in [-0.4, -0.2) is 29.1 Å². The predicted molar refractivity (Wildman–Crippen MR) is 212 cm³/mol. The maximum atomic E-state index is 6.72. The first-order chi connectivity index (χ1) is 26.3. The highest BCUT2D eigenvalue weighted by molar-refractivity contribution is 6.21. The van der Waals surface area contributed by atoms with Crippen molar-refractivity contribution in [3.8, 4) is 45.8 Å². The average Bonchev–Trinajstić information content (AvgIpc) is 3.91. The van der Waals surface area contributed by atoms with Gasteiger partial charge in [0.1, 0.15) is 16.9 Å². The molecule has 4 aromatic heterocycles. The third kappa shape index (κ3) is 4.61. The fourth-order valence-electron chi connectivity index (χ4n) is 7.58. The van der Waals surface area contributed by atoms with Crippen LogP contribution >= 0.6 is 0 Å².